The molecule has 0 aliphatic rings. The molecule has 2 N–H and O–H groups in total. The molecule has 0 aliphatic heterocycles. The van der Waals surface area contributed by atoms with Gasteiger partial charge in [0.25, 0.3) is 0 Å². The summed E-state index contributed by atoms with van der Waals surface area (Å²) in [6, 6.07) is 21.9. The van der Waals surface area contributed by atoms with Crippen LogP contribution in [0.15, 0.2) is 89.4 Å². The number of alkyl halides is 2. The molecule has 1 aromatic heterocycles. The van der Waals surface area contributed by atoms with E-state index in [1.165, 1.54) is 35.6 Å². The molecule has 46 heavy (non-hydrogen) atoms. The summed E-state index contributed by atoms with van der Waals surface area (Å²) in [7, 11) is -4.54. The number of benzene rings is 4. The van der Waals surface area contributed by atoms with Crippen LogP contribution in [0.1, 0.15) is 21.5 Å². The van der Waals surface area contributed by atoms with Gasteiger partial charge in [-0.3, -0.25) is 4.57 Å². The van der Waals surface area contributed by atoms with Gasteiger partial charge < -0.3 is 24.2 Å². The molecular formula is C30H21BrCl2F2N3O6PS. The van der Waals surface area contributed by atoms with Gasteiger partial charge in [0.1, 0.15) is 16.5 Å². The lowest BCUT2D eigenvalue weighted by molar-refractivity contribution is 0.0503. The zero-order chi connectivity index (χ0) is 33.2. The minimum atomic E-state index is -5.28. The third-order valence-corrected chi connectivity index (χ3v) is 10.4. The highest BCUT2D eigenvalue weighted by Crippen LogP contribution is 2.63. The summed E-state index contributed by atoms with van der Waals surface area (Å²) in [6.07, 6.45) is 0. The van der Waals surface area contributed by atoms with Crippen LogP contribution in [0.4, 0.5) is 19.6 Å². The normalized spacial score (nSPS) is 12.8. The zero-order valence-corrected chi connectivity index (χ0v) is 28.2. The van der Waals surface area contributed by atoms with Crippen LogP contribution in [0.25, 0.3) is 10.6 Å². The highest BCUT2D eigenvalue weighted by Gasteiger charge is 2.53. The molecule has 238 valence electrons. The zero-order valence-electron chi connectivity index (χ0n) is 23.4. The van der Waals surface area contributed by atoms with Crippen molar-refractivity contribution in [2.75, 3.05) is 12.0 Å². The van der Waals surface area contributed by atoms with E-state index in [0.717, 1.165) is 13.2 Å². The summed E-state index contributed by atoms with van der Waals surface area (Å²) >= 11 is 16.8. The third kappa shape index (κ3) is 7.26. The first-order chi connectivity index (χ1) is 21.8. The van der Waals surface area contributed by atoms with Crippen molar-refractivity contribution in [2.24, 2.45) is 0 Å². The molecule has 0 aliphatic carbocycles. The second-order valence-electron chi connectivity index (χ2n) is 9.60. The van der Waals surface area contributed by atoms with Crippen LogP contribution in [0, 0.1) is 0 Å². The van der Waals surface area contributed by atoms with Gasteiger partial charge in [-0.15, -0.1) is 10.2 Å². The standard InChI is InChI=1S/C30H21BrCl2F2N3O6PS/c1-43-45(41,42)30(34,35)23-10-8-17(12-24(23)31)16-38(20-9-11-25(32)26(33)15-20)29-37-36-27(46-29)18-4-2-6-21(13-18)44-22-7-3-5-19(14-22)28(39)40/h2-15H,16H2,1H3,(H,39,40)(H,41,42). The number of hydrogen-bond acceptors (Lipinski definition) is 8. The molecule has 5 aromatic rings. The Morgan fingerprint density at radius 1 is 1.00 bits per heavy atom. The maximum absolute atomic E-state index is 14.8. The lowest BCUT2D eigenvalue weighted by atomic mass is 10.1. The first-order valence-corrected chi connectivity index (χ1v) is 17.0. The molecule has 5 rings (SSSR count). The molecule has 0 saturated heterocycles. The number of carboxylic acids is 1. The van der Waals surface area contributed by atoms with E-state index in [1.54, 1.807) is 53.4 Å². The fourth-order valence-electron chi connectivity index (χ4n) is 4.24. The van der Waals surface area contributed by atoms with Crippen LogP contribution >= 0.6 is 58.1 Å². The van der Waals surface area contributed by atoms with E-state index in [0.29, 0.717) is 43.5 Å². The highest BCUT2D eigenvalue weighted by molar-refractivity contribution is 9.10. The smallest absolute Gasteiger partial charge is 0.401 e. The van der Waals surface area contributed by atoms with Crippen LogP contribution in [0.3, 0.4) is 0 Å². The molecule has 9 nitrogen and oxygen atoms in total. The van der Waals surface area contributed by atoms with Crippen LogP contribution in [-0.2, 0) is 21.3 Å². The molecule has 1 atom stereocenters. The number of aromatic nitrogens is 2. The van der Waals surface area contributed by atoms with Crippen LogP contribution in [0.5, 0.6) is 11.5 Å². The van der Waals surface area contributed by atoms with Crippen molar-refractivity contribution >= 4 is 74.9 Å². The molecule has 1 unspecified atom stereocenters. The monoisotopic (exact) mass is 769 g/mol. The van der Waals surface area contributed by atoms with Gasteiger partial charge in [0.2, 0.25) is 5.13 Å². The molecule has 0 amide bonds. The summed E-state index contributed by atoms with van der Waals surface area (Å²) in [5.41, 5.74) is -2.99. The van der Waals surface area contributed by atoms with E-state index >= 15 is 0 Å². The lowest BCUT2D eigenvalue weighted by Gasteiger charge is -2.24. The highest BCUT2D eigenvalue weighted by atomic mass is 79.9. The minimum Gasteiger partial charge on any atom is -0.478 e. The van der Waals surface area contributed by atoms with Crippen molar-refractivity contribution in [1.82, 2.24) is 10.2 Å². The Morgan fingerprint density at radius 3 is 2.39 bits per heavy atom. The Labute approximate surface area is 283 Å². The lowest BCUT2D eigenvalue weighted by Crippen LogP contribution is -2.18. The Balaban J connectivity index is 1.47. The average Bonchev–Trinajstić information content (AvgIpc) is 3.51. The fourth-order valence-corrected chi connectivity index (χ4v) is 6.95. The van der Waals surface area contributed by atoms with Gasteiger partial charge in [-0.25, -0.2) is 4.79 Å². The van der Waals surface area contributed by atoms with Gasteiger partial charge in [-0.2, -0.15) is 8.78 Å². The van der Waals surface area contributed by atoms with E-state index in [9.17, 15) is 28.1 Å². The van der Waals surface area contributed by atoms with Gasteiger partial charge in [0, 0.05) is 28.4 Å². The quantitative estimate of drug-likeness (QED) is 0.126. The van der Waals surface area contributed by atoms with Gasteiger partial charge >= 0.3 is 19.2 Å². The number of ether oxygens (including phenoxy) is 1. The first kappa shape index (κ1) is 33.9. The summed E-state index contributed by atoms with van der Waals surface area (Å²) in [6.45, 7) is 0.112. The summed E-state index contributed by atoms with van der Waals surface area (Å²) < 4.78 is 51.6. The molecule has 0 spiro atoms. The molecule has 0 fully saturated rings. The average molecular weight is 771 g/mol. The van der Waals surface area contributed by atoms with E-state index in [1.807, 2.05) is 6.07 Å². The van der Waals surface area contributed by atoms with Crippen LogP contribution in [-0.4, -0.2) is 33.3 Å². The molecule has 4 aromatic carbocycles. The SMILES string of the molecule is COP(=O)(O)C(F)(F)c1ccc(CN(c2ccc(Cl)c(Cl)c2)c2nnc(-c3cccc(Oc4cccc(C(=O)O)c4)c3)s2)cc1Br. The first-order valence-electron chi connectivity index (χ1n) is 13.0. The number of aromatic carboxylic acids is 1. The second kappa shape index (κ2) is 13.7. The number of nitrogens with zero attached hydrogens (tertiary/aromatic N) is 3. The second-order valence-corrected chi connectivity index (χ2v) is 14.2. The van der Waals surface area contributed by atoms with Gasteiger partial charge in [0.05, 0.1) is 22.2 Å². The largest absolute Gasteiger partial charge is 0.478 e. The van der Waals surface area contributed by atoms with E-state index < -0.39 is 24.8 Å². The third-order valence-electron chi connectivity index (χ3n) is 6.56. The number of hydrogen-bond donors (Lipinski definition) is 2. The van der Waals surface area contributed by atoms with Crippen molar-refractivity contribution in [3.8, 4) is 22.1 Å². The molecule has 1 heterocycles. The maximum atomic E-state index is 14.8. The summed E-state index contributed by atoms with van der Waals surface area (Å²) in [5.74, 6) is -0.282. The van der Waals surface area contributed by atoms with Gasteiger partial charge in [-0.1, -0.05) is 80.8 Å². The molecule has 16 heteroatoms. The Morgan fingerprint density at radius 2 is 1.72 bits per heavy atom. The minimum absolute atomic E-state index is 0.0866. The number of carbonyl (C=O) groups is 1. The molecule has 0 radical (unpaired) electrons. The van der Waals surface area contributed by atoms with E-state index in [-0.39, 0.29) is 21.6 Å². The Kier molecular flexibility index (Phi) is 10.1. The molecular weight excluding hydrogens is 750 g/mol. The van der Waals surface area contributed by atoms with Crippen molar-refractivity contribution in [3.05, 3.63) is 116 Å². The Bertz CT molecular complexity index is 1980. The van der Waals surface area contributed by atoms with Crippen molar-refractivity contribution < 1.29 is 37.4 Å². The predicted molar refractivity (Wildman–Crippen MR) is 176 cm³/mol. The summed E-state index contributed by atoms with van der Waals surface area (Å²) in [4.78, 5) is 22.8. The Hall–Kier alpha value is -3.42. The number of anilines is 2. The maximum Gasteiger partial charge on any atom is 0.401 e. The number of halogens is 5. The molecule has 0 saturated carbocycles. The number of rotatable bonds is 11. The fraction of sp³-hybridized carbons (Fsp3) is 0.100. The summed E-state index contributed by atoms with van der Waals surface area (Å²) in [5, 5.41) is 19.6. The topological polar surface area (TPSA) is 122 Å². The van der Waals surface area contributed by atoms with Gasteiger partial charge in [0.15, 0.2) is 0 Å². The van der Waals surface area contributed by atoms with E-state index in [4.69, 9.17) is 27.9 Å². The van der Waals surface area contributed by atoms with Crippen molar-refractivity contribution in [2.45, 2.75) is 12.2 Å². The van der Waals surface area contributed by atoms with Crippen LogP contribution < -0.4 is 9.64 Å². The van der Waals surface area contributed by atoms with Gasteiger partial charge in [-0.05, 0) is 60.2 Å². The van der Waals surface area contributed by atoms with Crippen LogP contribution in [0.2, 0.25) is 10.0 Å². The predicted octanol–water partition coefficient (Wildman–Crippen LogP) is 9.98. The van der Waals surface area contributed by atoms with Crippen molar-refractivity contribution in [1.29, 1.82) is 0 Å². The molecule has 0 bridgehead atoms. The number of carboxylic acid groups (broad SMARTS) is 1. The van der Waals surface area contributed by atoms with Crippen molar-refractivity contribution in [3.63, 3.8) is 0 Å². The van der Waals surface area contributed by atoms with E-state index in [2.05, 4.69) is 30.7 Å².